The van der Waals surface area contributed by atoms with E-state index in [9.17, 15) is 4.79 Å². The summed E-state index contributed by atoms with van der Waals surface area (Å²) in [6, 6.07) is 0. The monoisotopic (exact) mass is 296 g/mol. The predicted octanol–water partition coefficient (Wildman–Crippen LogP) is 4.11. The van der Waals surface area contributed by atoms with Gasteiger partial charge in [-0.15, -0.1) is 0 Å². The van der Waals surface area contributed by atoms with Crippen molar-refractivity contribution < 1.29 is 14.0 Å². The van der Waals surface area contributed by atoms with Crippen LogP contribution in [0.4, 0.5) is 0 Å². The summed E-state index contributed by atoms with van der Waals surface area (Å²) in [6.07, 6.45) is 5.78. The first-order valence-electron chi connectivity index (χ1n) is 7.67. The van der Waals surface area contributed by atoms with E-state index in [4.69, 9.17) is 9.16 Å². The summed E-state index contributed by atoms with van der Waals surface area (Å²) in [5.41, 5.74) is 0. The van der Waals surface area contributed by atoms with Gasteiger partial charge < -0.3 is 9.16 Å². The number of allylic oxidation sites excluding steroid dienone is 2. The lowest BCUT2D eigenvalue weighted by atomic mass is 9.77. The Morgan fingerprint density at radius 3 is 2.50 bits per heavy atom. The smallest absolute Gasteiger partial charge is 0.311 e. The van der Waals surface area contributed by atoms with Gasteiger partial charge in [0.15, 0.2) is 14.6 Å². The second kappa shape index (κ2) is 5.30. The minimum Gasteiger partial charge on any atom is -0.436 e. The molecule has 0 N–H and O–H groups in total. The van der Waals surface area contributed by atoms with Gasteiger partial charge >= 0.3 is 5.97 Å². The van der Waals surface area contributed by atoms with Gasteiger partial charge in [0.25, 0.3) is 0 Å². The summed E-state index contributed by atoms with van der Waals surface area (Å²) in [5.74, 6) is 0.735. The summed E-state index contributed by atoms with van der Waals surface area (Å²) in [4.78, 5) is 12.2. The van der Waals surface area contributed by atoms with Crippen LogP contribution < -0.4 is 0 Å². The van der Waals surface area contributed by atoms with Crippen molar-refractivity contribution in [3.63, 3.8) is 0 Å². The average Bonchev–Trinajstić information content (AvgIpc) is 2.28. The van der Waals surface area contributed by atoms with Gasteiger partial charge in [0.05, 0.1) is 5.92 Å². The van der Waals surface area contributed by atoms with E-state index >= 15 is 0 Å². The Morgan fingerprint density at radius 2 is 1.90 bits per heavy atom. The second-order valence-corrected chi connectivity index (χ2v) is 12.6. The zero-order valence-corrected chi connectivity index (χ0v) is 14.6. The topological polar surface area (TPSA) is 35.5 Å². The first kappa shape index (κ1) is 15.8. The molecule has 2 aliphatic rings. The molecular weight excluding hydrogens is 268 g/mol. The number of carbonyl (C=O) groups excluding carboxylic acids is 1. The number of fused-ring (bicyclic) bond motifs is 1. The molecule has 1 saturated heterocycles. The average molecular weight is 296 g/mol. The summed E-state index contributed by atoms with van der Waals surface area (Å²) >= 11 is 0. The predicted molar refractivity (Wildman–Crippen MR) is 82.7 cm³/mol. The third-order valence-corrected chi connectivity index (χ3v) is 9.54. The number of esters is 1. The summed E-state index contributed by atoms with van der Waals surface area (Å²) in [7, 11) is -1.89. The Morgan fingerprint density at radius 1 is 1.25 bits per heavy atom. The highest BCUT2D eigenvalue weighted by atomic mass is 28.4. The fourth-order valence-electron chi connectivity index (χ4n) is 2.70. The summed E-state index contributed by atoms with van der Waals surface area (Å²) in [5, 5.41) is 0.132. The maximum atomic E-state index is 12.2. The van der Waals surface area contributed by atoms with E-state index in [0.29, 0.717) is 11.8 Å². The molecule has 0 radical (unpaired) electrons. The number of ether oxygens (including phenoxy) is 1. The molecule has 4 atom stereocenters. The molecule has 4 heteroatoms. The summed E-state index contributed by atoms with van der Waals surface area (Å²) in [6.45, 7) is 13.2. The van der Waals surface area contributed by atoms with Crippen LogP contribution in [0.1, 0.15) is 40.5 Å². The Kier molecular flexibility index (Phi) is 4.18. The molecule has 114 valence electrons. The highest BCUT2D eigenvalue weighted by Crippen LogP contribution is 2.41. The van der Waals surface area contributed by atoms with Crippen LogP contribution in [0, 0.1) is 17.8 Å². The second-order valence-electron chi connectivity index (χ2n) is 7.85. The molecule has 1 aliphatic carbocycles. The molecule has 1 aliphatic heterocycles. The van der Waals surface area contributed by atoms with E-state index in [2.05, 4.69) is 52.9 Å². The maximum absolute atomic E-state index is 12.2. The van der Waals surface area contributed by atoms with Gasteiger partial charge in [0.1, 0.15) is 0 Å². The molecule has 1 fully saturated rings. The standard InChI is InChI=1S/C16H28O3Si/c1-11-7-8-12-10-14(18-15(17)13(12)9-11)19-20(5,6)16(2,3)4/h7-8,11-14H,9-10H2,1-6H3/t11-,12-,13-,14+/m0/s1. The SMILES string of the molecule is C[C@H]1C=C[C@H]2C[C@@H](O[Si](C)(C)C(C)(C)C)OC(=O)[C@H]2C1. The van der Waals surface area contributed by atoms with Gasteiger partial charge in [-0.3, -0.25) is 4.79 Å². The Labute approximate surface area is 123 Å². The van der Waals surface area contributed by atoms with Crippen LogP contribution in [0.3, 0.4) is 0 Å². The Balaban J connectivity index is 2.06. The third kappa shape index (κ3) is 3.17. The number of carbonyl (C=O) groups is 1. The van der Waals surface area contributed by atoms with Crippen LogP contribution in [-0.2, 0) is 14.0 Å². The van der Waals surface area contributed by atoms with E-state index in [1.165, 1.54) is 0 Å². The molecule has 1 heterocycles. The molecule has 0 aromatic carbocycles. The van der Waals surface area contributed by atoms with Crippen molar-refractivity contribution in [1.82, 2.24) is 0 Å². The van der Waals surface area contributed by atoms with Crippen molar-refractivity contribution in [3.8, 4) is 0 Å². The van der Waals surface area contributed by atoms with Gasteiger partial charge in [0, 0.05) is 6.42 Å². The summed E-state index contributed by atoms with van der Waals surface area (Å²) < 4.78 is 11.8. The van der Waals surface area contributed by atoms with Crippen LogP contribution in [0.15, 0.2) is 12.2 Å². The van der Waals surface area contributed by atoms with E-state index in [1.54, 1.807) is 0 Å². The first-order chi connectivity index (χ1) is 9.10. The van der Waals surface area contributed by atoms with Crippen LogP contribution >= 0.6 is 0 Å². The van der Waals surface area contributed by atoms with Crippen molar-refractivity contribution in [3.05, 3.63) is 12.2 Å². The molecule has 0 saturated carbocycles. The maximum Gasteiger partial charge on any atom is 0.311 e. The minimum absolute atomic E-state index is 0.0364. The number of hydrogen-bond donors (Lipinski definition) is 0. The van der Waals surface area contributed by atoms with E-state index in [0.717, 1.165) is 12.8 Å². The highest BCUT2D eigenvalue weighted by Gasteiger charge is 2.45. The first-order valence-corrected chi connectivity index (χ1v) is 10.6. The van der Waals surface area contributed by atoms with Gasteiger partial charge in [-0.25, -0.2) is 0 Å². The van der Waals surface area contributed by atoms with Crippen molar-refractivity contribution >= 4 is 14.3 Å². The van der Waals surface area contributed by atoms with Gasteiger partial charge in [0.2, 0.25) is 0 Å². The van der Waals surface area contributed by atoms with Crippen LogP contribution in [-0.4, -0.2) is 20.6 Å². The van der Waals surface area contributed by atoms with E-state index in [-0.39, 0.29) is 23.2 Å². The van der Waals surface area contributed by atoms with Gasteiger partial charge in [-0.05, 0) is 36.4 Å². The molecule has 0 spiro atoms. The lowest BCUT2D eigenvalue weighted by Gasteiger charge is -2.43. The van der Waals surface area contributed by atoms with Crippen LogP contribution in [0.2, 0.25) is 18.1 Å². The largest absolute Gasteiger partial charge is 0.436 e. The van der Waals surface area contributed by atoms with Gasteiger partial charge in [-0.1, -0.05) is 39.8 Å². The molecule has 0 amide bonds. The molecule has 0 unspecified atom stereocenters. The quantitative estimate of drug-likeness (QED) is 0.437. The highest BCUT2D eigenvalue weighted by molar-refractivity contribution is 6.74. The van der Waals surface area contributed by atoms with Crippen molar-refractivity contribution in [1.29, 1.82) is 0 Å². The third-order valence-electron chi connectivity index (χ3n) is 5.08. The van der Waals surface area contributed by atoms with Crippen molar-refractivity contribution in [2.45, 2.75) is 65.0 Å². The molecule has 0 bridgehead atoms. The normalized spacial score (nSPS) is 34.6. The number of cyclic esters (lactones) is 1. The fraction of sp³-hybridized carbons (Fsp3) is 0.812. The number of rotatable bonds is 2. The fourth-order valence-corrected chi connectivity index (χ4v) is 3.85. The minimum atomic E-state index is -1.89. The number of hydrogen-bond acceptors (Lipinski definition) is 3. The van der Waals surface area contributed by atoms with Crippen LogP contribution in [0.5, 0.6) is 0 Å². The molecular formula is C16H28O3Si. The molecule has 2 rings (SSSR count). The lowest BCUT2D eigenvalue weighted by Crippen LogP contribution is -2.49. The van der Waals surface area contributed by atoms with Gasteiger partial charge in [-0.2, -0.15) is 0 Å². The van der Waals surface area contributed by atoms with Crippen molar-refractivity contribution in [2.24, 2.45) is 17.8 Å². The molecule has 3 nitrogen and oxygen atoms in total. The zero-order chi connectivity index (χ0) is 15.1. The zero-order valence-electron chi connectivity index (χ0n) is 13.6. The van der Waals surface area contributed by atoms with E-state index < -0.39 is 8.32 Å². The van der Waals surface area contributed by atoms with Crippen LogP contribution in [0.25, 0.3) is 0 Å². The Bertz CT molecular complexity index is 408. The Hall–Kier alpha value is -0.613. The van der Waals surface area contributed by atoms with E-state index in [1.807, 2.05) is 0 Å². The molecule has 0 aromatic heterocycles. The molecule has 0 aromatic rings. The lowest BCUT2D eigenvalue weighted by molar-refractivity contribution is -0.186. The van der Waals surface area contributed by atoms with Crippen molar-refractivity contribution in [2.75, 3.05) is 0 Å². The molecule has 20 heavy (non-hydrogen) atoms.